The summed E-state index contributed by atoms with van der Waals surface area (Å²) in [4.78, 5) is 11.0. The fourth-order valence-corrected chi connectivity index (χ4v) is 1.93. The number of hydrogen-bond acceptors (Lipinski definition) is 4. The van der Waals surface area contributed by atoms with E-state index in [1.54, 1.807) is 6.20 Å². The lowest BCUT2D eigenvalue weighted by Crippen LogP contribution is -2.20. The van der Waals surface area contributed by atoms with Crippen molar-refractivity contribution in [1.82, 2.24) is 9.97 Å². The van der Waals surface area contributed by atoms with E-state index in [4.69, 9.17) is 0 Å². The molecule has 20 heavy (non-hydrogen) atoms. The van der Waals surface area contributed by atoms with Gasteiger partial charge in [0.15, 0.2) is 0 Å². The molecule has 4 nitrogen and oxygen atoms in total. The number of rotatable bonds is 7. The molecule has 0 saturated carbocycles. The van der Waals surface area contributed by atoms with Crippen LogP contribution in [0.15, 0.2) is 42.6 Å². The van der Waals surface area contributed by atoms with Crippen molar-refractivity contribution in [3.63, 3.8) is 0 Å². The maximum absolute atomic E-state index is 4.54. The lowest BCUT2D eigenvalue weighted by Gasteiger charge is -2.18. The predicted molar refractivity (Wildman–Crippen MR) is 84.0 cm³/mol. The molecule has 0 amide bonds. The van der Waals surface area contributed by atoms with E-state index in [-0.39, 0.29) is 0 Å². The standard InChI is InChI=1S/C16H22N4/c1-3-4-12-20(2)15-10-11-17-16(19-15)18-13-14-8-6-5-7-9-14/h5-11H,3-4,12-13H2,1-2H3,(H,17,18,19). The van der Waals surface area contributed by atoms with Crippen LogP contribution < -0.4 is 10.2 Å². The lowest BCUT2D eigenvalue weighted by molar-refractivity contribution is 0.758. The molecule has 1 heterocycles. The minimum absolute atomic E-state index is 0.676. The Labute approximate surface area is 120 Å². The van der Waals surface area contributed by atoms with Crippen molar-refractivity contribution in [2.24, 2.45) is 0 Å². The maximum atomic E-state index is 4.54. The molecule has 0 aliphatic rings. The minimum atomic E-state index is 0.676. The quantitative estimate of drug-likeness (QED) is 0.838. The summed E-state index contributed by atoms with van der Waals surface area (Å²) in [6.45, 7) is 3.95. The van der Waals surface area contributed by atoms with Gasteiger partial charge in [0.2, 0.25) is 5.95 Å². The highest BCUT2D eigenvalue weighted by Gasteiger charge is 2.04. The molecule has 0 fully saturated rings. The Hall–Kier alpha value is -2.10. The Morgan fingerprint density at radius 3 is 2.70 bits per heavy atom. The SMILES string of the molecule is CCCCN(C)c1ccnc(NCc2ccccc2)n1. The van der Waals surface area contributed by atoms with E-state index in [0.717, 1.165) is 18.9 Å². The third kappa shape index (κ3) is 4.23. The first-order valence-electron chi connectivity index (χ1n) is 7.11. The first-order chi connectivity index (χ1) is 9.79. The van der Waals surface area contributed by atoms with Crippen molar-refractivity contribution in [2.75, 3.05) is 23.8 Å². The zero-order chi connectivity index (χ0) is 14.2. The van der Waals surface area contributed by atoms with Crippen molar-refractivity contribution in [3.05, 3.63) is 48.2 Å². The first-order valence-corrected chi connectivity index (χ1v) is 7.11. The largest absolute Gasteiger partial charge is 0.360 e. The Bertz CT molecular complexity index is 513. The molecule has 4 heteroatoms. The summed E-state index contributed by atoms with van der Waals surface area (Å²) in [6, 6.07) is 12.2. The van der Waals surface area contributed by atoms with Crippen LogP contribution in [0.3, 0.4) is 0 Å². The van der Waals surface area contributed by atoms with Gasteiger partial charge in [0.25, 0.3) is 0 Å². The second-order valence-corrected chi connectivity index (χ2v) is 4.85. The fraction of sp³-hybridized carbons (Fsp3) is 0.375. The average molecular weight is 270 g/mol. The van der Waals surface area contributed by atoms with E-state index >= 15 is 0 Å². The van der Waals surface area contributed by atoms with Gasteiger partial charge in [-0.3, -0.25) is 0 Å². The molecular weight excluding hydrogens is 248 g/mol. The summed E-state index contributed by atoms with van der Waals surface area (Å²) in [5.41, 5.74) is 1.22. The Balaban J connectivity index is 1.95. The van der Waals surface area contributed by atoms with Crippen molar-refractivity contribution in [2.45, 2.75) is 26.3 Å². The summed E-state index contributed by atoms with van der Waals surface area (Å²) in [5, 5.41) is 3.26. The number of hydrogen-bond donors (Lipinski definition) is 1. The van der Waals surface area contributed by atoms with Crippen molar-refractivity contribution >= 4 is 11.8 Å². The summed E-state index contributed by atoms with van der Waals surface area (Å²) < 4.78 is 0. The van der Waals surface area contributed by atoms with Crippen LogP contribution in [-0.2, 0) is 6.54 Å². The molecule has 0 radical (unpaired) electrons. The molecule has 0 atom stereocenters. The number of nitrogens with one attached hydrogen (secondary N) is 1. The van der Waals surface area contributed by atoms with Gasteiger partial charge in [-0.1, -0.05) is 43.7 Å². The molecular formula is C16H22N4. The molecule has 1 aromatic carbocycles. The van der Waals surface area contributed by atoms with Crippen LogP contribution in [0.1, 0.15) is 25.3 Å². The highest BCUT2D eigenvalue weighted by atomic mass is 15.2. The van der Waals surface area contributed by atoms with Gasteiger partial charge in [-0.2, -0.15) is 4.98 Å². The van der Waals surface area contributed by atoms with E-state index in [2.05, 4.69) is 46.3 Å². The lowest BCUT2D eigenvalue weighted by atomic mass is 10.2. The summed E-state index contributed by atoms with van der Waals surface area (Å²) in [7, 11) is 2.07. The average Bonchev–Trinajstić information content (AvgIpc) is 2.52. The van der Waals surface area contributed by atoms with Crippen molar-refractivity contribution in [1.29, 1.82) is 0 Å². The van der Waals surface area contributed by atoms with Gasteiger partial charge in [-0.15, -0.1) is 0 Å². The monoisotopic (exact) mass is 270 g/mol. The minimum Gasteiger partial charge on any atom is -0.360 e. The molecule has 0 unspecified atom stereocenters. The number of benzene rings is 1. The topological polar surface area (TPSA) is 41.1 Å². The molecule has 0 bridgehead atoms. The van der Waals surface area contributed by atoms with Crippen LogP contribution in [0.25, 0.3) is 0 Å². The van der Waals surface area contributed by atoms with Gasteiger partial charge in [-0.25, -0.2) is 4.98 Å². The van der Waals surface area contributed by atoms with Crippen molar-refractivity contribution < 1.29 is 0 Å². The normalized spacial score (nSPS) is 10.3. The molecule has 0 aliphatic heterocycles. The predicted octanol–water partition coefficient (Wildman–Crippen LogP) is 3.33. The molecule has 0 spiro atoms. The van der Waals surface area contributed by atoms with Gasteiger partial charge < -0.3 is 10.2 Å². The molecule has 2 aromatic rings. The summed E-state index contributed by atoms with van der Waals surface area (Å²) >= 11 is 0. The third-order valence-corrected chi connectivity index (χ3v) is 3.17. The zero-order valence-corrected chi connectivity index (χ0v) is 12.2. The molecule has 1 N–H and O–H groups in total. The van der Waals surface area contributed by atoms with Crippen LogP contribution in [0.5, 0.6) is 0 Å². The Morgan fingerprint density at radius 1 is 1.15 bits per heavy atom. The fourth-order valence-electron chi connectivity index (χ4n) is 1.93. The van der Waals surface area contributed by atoms with E-state index < -0.39 is 0 Å². The molecule has 1 aromatic heterocycles. The maximum Gasteiger partial charge on any atom is 0.224 e. The smallest absolute Gasteiger partial charge is 0.224 e. The highest BCUT2D eigenvalue weighted by Crippen LogP contribution is 2.12. The molecule has 0 saturated heterocycles. The second-order valence-electron chi connectivity index (χ2n) is 4.85. The van der Waals surface area contributed by atoms with Crippen LogP contribution in [-0.4, -0.2) is 23.6 Å². The van der Waals surface area contributed by atoms with Gasteiger partial charge in [-0.05, 0) is 18.1 Å². The van der Waals surface area contributed by atoms with Crippen LogP contribution in [0.2, 0.25) is 0 Å². The molecule has 2 rings (SSSR count). The van der Waals surface area contributed by atoms with Gasteiger partial charge in [0.05, 0.1) is 0 Å². The van der Waals surface area contributed by atoms with Crippen LogP contribution >= 0.6 is 0 Å². The van der Waals surface area contributed by atoms with E-state index in [0.29, 0.717) is 5.95 Å². The van der Waals surface area contributed by atoms with Gasteiger partial charge in [0, 0.05) is 26.3 Å². The highest BCUT2D eigenvalue weighted by molar-refractivity contribution is 5.41. The third-order valence-electron chi connectivity index (χ3n) is 3.17. The Kier molecular flexibility index (Phi) is 5.35. The number of nitrogens with zero attached hydrogens (tertiary/aromatic N) is 3. The van der Waals surface area contributed by atoms with E-state index in [9.17, 15) is 0 Å². The number of aromatic nitrogens is 2. The van der Waals surface area contributed by atoms with Crippen LogP contribution in [0.4, 0.5) is 11.8 Å². The summed E-state index contributed by atoms with van der Waals surface area (Å²) in [5.74, 6) is 1.64. The van der Waals surface area contributed by atoms with Gasteiger partial charge in [0.1, 0.15) is 5.82 Å². The van der Waals surface area contributed by atoms with Crippen molar-refractivity contribution in [3.8, 4) is 0 Å². The van der Waals surface area contributed by atoms with E-state index in [1.165, 1.54) is 18.4 Å². The number of unbranched alkanes of at least 4 members (excludes halogenated alkanes) is 1. The second kappa shape index (κ2) is 7.48. The van der Waals surface area contributed by atoms with Crippen LogP contribution in [0, 0.1) is 0 Å². The van der Waals surface area contributed by atoms with E-state index in [1.807, 2.05) is 24.3 Å². The zero-order valence-electron chi connectivity index (χ0n) is 12.2. The summed E-state index contributed by atoms with van der Waals surface area (Å²) in [6.07, 6.45) is 4.17. The Morgan fingerprint density at radius 2 is 1.95 bits per heavy atom. The molecule has 0 aliphatic carbocycles. The number of anilines is 2. The van der Waals surface area contributed by atoms with Gasteiger partial charge >= 0.3 is 0 Å². The molecule has 106 valence electrons. The first kappa shape index (κ1) is 14.3.